The number of benzene rings is 1. The van der Waals surface area contributed by atoms with E-state index in [0.29, 0.717) is 18.2 Å². The molecule has 6 nitrogen and oxygen atoms in total. The van der Waals surface area contributed by atoms with Crippen LogP contribution >= 0.6 is 0 Å². The van der Waals surface area contributed by atoms with Crippen LogP contribution in [-0.4, -0.2) is 32.1 Å². The summed E-state index contributed by atoms with van der Waals surface area (Å²) >= 11 is 0. The Morgan fingerprint density at radius 3 is 2.67 bits per heavy atom. The molecular formula is C15H22N2O4. The van der Waals surface area contributed by atoms with Crippen molar-refractivity contribution in [1.82, 2.24) is 5.32 Å². The summed E-state index contributed by atoms with van der Waals surface area (Å²) in [5.41, 5.74) is 6.17. The quantitative estimate of drug-likeness (QED) is 0.589. The second kappa shape index (κ2) is 8.14. The molecule has 6 heteroatoms. The fraction of sp³-hybridized carbons (Fsp3) is 0.467. The predicted molar refractivity (Wildman–Crippen MR) is 80.2 cm³/mol. The summed E-state index contributed by atoms with van der Waals surface area (Å²) in [7, 11) is 1.46. The number of hydrogen-bond donors (Lipinski definition) is 2. The highest BCUT2D eigenvalue weighted by atomic mass is 16.5. The number of ether oxygens (including phenoxy) is 2. The molecule has 3 N–H and O–H groups in total. The van der Waals surface area contributed by atoms with Gasteiger partial charge in [-0.05, 0) is 24.5 Å². The van der Waals surface area contributed by atoms with Gasteiger partial charge in [0.15, 0.2) is 6.61 Å². The van der Waals surface area contributed by atoms with Gasteiger partial charge in [0.25, 0.3) is 5.91 Å². The van der Waals surface area contributed by atoms with Gasteiger partial charge in [0.05, 0.1) is 18.4 Å². The maximum absolute atomic E-state index is 11.9. The molecule has 0 heterocycles. The van der Waals surface area contributed by atoms with E-state index >= 15 is 0 Å². The lowest BCUT2D eigenvalue weighted by Crippen LogP contribution is -2.30. The molecule has 0 bridgehead atoms. The fourth-order valence-electron chi connectivity index (χ4n) is 1.66. The van der Waals surface area contributed by atoms with Crippen molar-refractivity contribution in [2.75, 3.05) is 26.0 Å². The average Bonchev–Trinajstić information content (AvgIpc) is 2.44. The first-order valence-corrected chi connectivity index (χ1v) is 6.82. The van der Waals surface area contributed by atoms with Crippen LogP contribution in [0.5, 0.6) is 5.75 Å². The smallest absolute Gasteiger partial charge is 0.340 e. The summed E-state index contributed by atoms with van der Waals surface area (Å²) in [6.07, 6.45) is 0.877. The van der Waals surface area contributed by atoms with Crippen molar-refractivity contribution >= 4 is 17.6 Å². The Labute approximate surface area is 124 Å². The van der Waals surface area contributed by atoms with Crippen LogP contribution in [0.2, 0.25) is 0 Å². The third-order valence-corrected chi connectivity index (χ3v) is 2.88. The van der Waals surface area contributed by atoms with Gasteiger partial charge in [0.2, 0.25) is 0 Å². The van der Waals surface area contributed by atoms with Crippen molar-refractivity contribution in [3.63, 3.8) is 0 Å². The van der Waals surface area contributed by atoms with Gasteiger partial charge >= 0.3 is 5.97 Å². The molecule has 0 saturated carbocycles. The van der Waals surface area contributed by atoms with Crippen molar-refractivity contribution in [2.45, 2.75) is 20.3 Å². The summed E-state index contributed by atoms with van der Waals surface area (Å²) in [4.78, 5) is 23.4. The molecule has 1 amide bonds. The number of para-hydroxylation sites is 1. The molecule has 21 heavy (non-hydrogen) atoms. The van der Waals surface area contributed by atoms with Gasteiger partial charge in [0, 0.05) is 6.54 Å². The first-order valence-electron chi connectivity index (χ1n) is 6.82. The number of esters is 1. The van der Waals surface area contributed by atoms with E-state index in [4.69, 9.17) is 15.2 Å². The molecule has 0 aliphatic carbocycles. The number of hydrogen-bond acceptors (Lipinski definition) is 5. The summed E-state index contributed by atoms with van der Waals surface area (Å²) in [6, 6.07) is 4.80. The average molecular weight is 294 g/mol. The van der Waals surface area contributed by atoms with Crippen LogP contribution in [0, 0.1) is 5.92 Å². The van der Waals surface area contributed by atoms with Gasteiger partial charge in [-0.25, -0.2) is 4.79 Å². The van der Waals surface area contributed by atoms with Crippen LogP contribution in [0.1, 0.15) is 30.6 Å². The van der Waals surface area contributed by atoms with E-state index in [2.05, 4.69) is 19.2 Å². The third-order valence-electron chi connectivity index (χ3n) is 2.88. The highest BCUT2D eigenvalue weighted by molar-refractivity contribution is 5.97. The van der Waals surface area contributed by atoms with Crippen molar-refractivity contribution in [1.29, 1.82) is 0 Å². The van der Waals surface area contributed by atoms with E-state index in [1.54, 1.807) is 12.1 Å². The Bertz CT molecular complexity index is 500. The van der Waals surface area contributed by atoms with Crippen LogP contribution in [0.25, 0.3) is 0 Å². The monoisotopic (exact) mass is 294 g/mol. The fourth-order valence-corrected chi connectivity index (χ4v) is 1.66. The lowest BCUT2D eigenvalue weighted by atomic mass is 10.1. The summed E-state index contributed by atoms with van der Waals surface area (Å²) < 4.78 is 9.97. The molecule has 0 spiro atoms. The first kappa shape index (κ1) is 16.8. The standard InChI is InChI=1S/C15H22N2O4/c1-10(2)7-8-17-13(18)9-21-15(19)11-5-4-6-12(20-3)14(11)16/h4-6,10H,7-9,16H2,1-3H3,(H,17,18). The Balaban J connectivity index is 2.49. The van der Waals surface area contributed by atoms with Crippen molar-refractivity contribution < 1.29 is 19.1 Å². The number of methoxy groups -OCH3 is 1. The molecule has 0 saturated heterocycles. The minimum atomic E-state index is -0.648. The third kappa shape index (κ3) is 5.33. The van der Waals surface area contributed by atoms with Gasteiger partial charge in [-0.3, -0.25) is 4.79 Å². The Morgan fingerprint density at radius 2 is 2.05 bits per heavy atom. The van der Waals surface area contributed by atoms with Crippen LogP contribution in [0.4, 0.5) is 5.69 Å². The van der Waals surface area contributed by atoms with E-state index in [0.717, 1.165) is 6.42 Å². The maximum atomic E-state index is 11.9. The van der Waals surface area contributed by atoms with Crippen molar-refractivity contribution in [3.05, 3.63) is 23.8 Å². The molecular weight excluding hydrogens is 272 g/mol. The molecule has 0 fully saturated rings. The topological polar surface area (TPSA) is 90.6 Å². The Morgan fingerprint density at radius 1 is 1.33 bits per heavy atom. The largest absolute Gasteiger partial charge is 0.495 e. The lowest BCUT2D eigenvalue weighted by molar-refractivity contribution is -0.124. The number of nitrogens with two attached hydrogens (primary N) is 1. The van der Waals surface area contributed by atoms with E-state index in [1.165, 1.54) is 13.2 Å². The normalized spacial score (nSPS) is 10.3. The van der Waals surface area contributed by atoms with Crippen LogP contribution < -0.4 is 15.8 Å². The summed E-state index contributed by atoms with van der Waals surface area (Å²) in [6.45, 7) is 4.37. The SMILES string of the molecule is COc1cccc(C(=O)OCC(=O)NCCC(C)C)c1N. The zero-order valence-electron chi connectivity index (χ0n) is 12.6. The number of carbonyl (C=O) groups excluding carboxylic acids is 2. The highest BCUT2D eigenvalue weighted by Crippen LogP contribution is 2.25. The van der Waals surface area contributed by atoms with Gasteiger partial charge in [-0.2, -0.15) is 0 Å². The molecule has 1 aromatic carbocycles. The molecule has 1 aromatic rings. The Hall–Kier alpha value is -2.24. The minimum Gasteiger partial charge on any atom is -0.495 e. The molecule has 0 aromatic heterocycles. The lowest BCUT2D eigenvalue weighted by Gasteiger charge is -2.10. The van der Waals surface area contributed by atoms with Crippen LogP contribution in [0.3, 0.4) is 0 Å². The van der Waals surface area contributed by atoms with Crippen LogP contribution in [0.15, 0.2) is 18.2 Å². The zero-order valence-corrected chi connectivity index (χ0v) is 12.6. The molecule has 0 unspecified atom stereocenters. The zero-order chi connectivity index (χ0) is 15.8. The predicted octanol–water partition coefficient (Wildman–Crippen LogP) is 1.60. The van der Waals surface area contributed by atoms with Gasteiger partial charge in [-0.1, -0.05) is 19.9 Å². The second-order valence-corrected chi connectivity index (χ2v) is 5.03. The van der Waals surface area contributed by atoms with Gasteiger partial charge < -0.3 is 20.5 Å². The maximum Gasteiger partial charge on any atom is 0.340 e. The number of rotatable bonds is 7. The molecule has 1 rings (SSSR count). The minimum absolute atomic E-state index is 0.185. The molecule has 0 aliphatic heterocycles. The van der Waals surface area contributed by atoms with E-state index in [1.807, 2.05) is 0 Å². The number of anilines is 1. The molecule has 0 aliphatic rings. The second-order valence-electron chi connectivity index (χ2n) is 5.03. The van der Waals surface area contributed by atoms with Crippen molar-refractivity contribution in [2.24, 2.45) is 5.92 Å². The number of nitrogens with one attached hydrogen (secondary N) is 1. The summed E-state index contributed by atoms with van der Waals surface area (Å²) in [5, 5.41) is 2.69. The van der Waals surface area contributed by atoms with E-state index < -0.39 is 5.97 Å². The number of carbonyl (C=O) groups is 2. The molecule has 0 atom stereocenters. The number of amides is 1. The van der Waals surface area contributed by atoms with E-state index in [9.17, 15) is 9.59 Å². The molecule has 0 radical (unpaired) electrons. The van der Waals surface area contributed by atoms with Gasteiger partial charge in [-0.15, -0.1) is 0 Å². The summed E-state index contributed by atoms with van der Waals surface area (Å²) in [5.74, 6) is -0.0776. The Kier molecular flexibility index (Phi) is 6.52. The first-order chi connectivity index (χ1) is 9.95. The molecule has 116 valence electrons. The highest BCUT2D eigenvalue weighted by Gasteiger charge is 2.15. The van der Waals surface area contributed by atoms with Crippen LogP contribution in [-0.2, 0) is 9.53 Å². The van der Waals surface area contributed by atoms with Crippen molar-refractivity contribution in [3.8, 4) is 5.75 Å². The van der Waals surface area contributed by atoms with E-state index in [-0.39, 0.29) is 23.8 Å². The number of nitrogen functional groups attached to an aromatic ring is 1. The van der Waals surface area contributed by atoms with Gasteiger partial charge in [0.1, 0.15) is 5.75 Å².